The average Bonchev–Trinajstić information content (AvgIpc) is 2.84. The van der Waals surface area contributed by atoms with Crippen LogP contribution in [0.4, 0.5) is 4.39 Å². The van der Waals surface area contributed by atoms with E-state index in [4.69, 9.17) is 4.74 Å². The van der Waals surface area contributed by atoms with Gasteiger partial charge in [-0.2, -0.15) is 9.49 Å². The van der Waals surface area contributed by atoms with Gasteiger partial charge in [-0.25, -0.2) is 4.68 Å². The molecule has 98 valence electrons. The Morgan fingerprint density at radius 1 is 1.72 bits per heavy atom. The number of carbonyl (C=O) groups excluding carboxylic acids is 2. The summed E-state index contributed by atoms with van der Waals surface area (Å²) in [5, 5.41) is 6.54. The van der Waals surface area contributed by atoms with Crippen molar-refractivity contribution in [2.24, 2.45) is 13.0 Å². The van der Waals surface area contributed by atoms with Crippen LogP contribution in [0.2, 0.25) is 0 Å². The average molecular weight is 255 g/mol. The van der Waals surface area contributed by atoms with Crippen molar-refractivity contribution < 1.29 is 18.7 Å². The van der Waals surface area contributed by atoms with Gasteiger partial charge in [0.25, 0.3) is 0 Å². The van der Waals surface area contributed by atoms with Gasteiger partial charge in [0.1, 0.15) is 5.92 Å². The molecule has 0 aromatic carbocycles. The minimum Gasteiger partial charge on any atom is -0.465 e. The summed E-state index contributed by atoms with van der Waals surface area (Å²) in [5.41, 5.74) is 0.381. The third-order valence-corrected chi connectivity index (χ3v) is 2.94. The van der Waals surface area contributed by atoms with E-state index in [0.29, 0.717) is 5.69 Å². The Morgan fingerprint density at radius 3 is 3.00 bits per heavy atom. The van der Waals surface area contributed by atoms with Gasteiger partial charge in [0.05, 0.1) is 12.3 Å². The van der Waals surface area contributed by atoms with Crippen LogP contribution in [0.25, 0.3) is 0 Å². The third-order valence-electron chi connectivity index (χ3n) is 2.94. The number of aryl methyl sites for hydroxylation is 1. The van der Waals surface area contributed by atoms with Crippen LogP contribution in [0.15, 0.2) is 6.07 Å². The van der Waals surface area contributed by atoms with E-state index in [1.807, 2.05) is 0 Å². The second kappa shape index (κ2) is 4.75. The molecule has 0 bridgehead atoms. The molecule has 0 aliphatic carbocycles. The summed E-state index contributed by atoms with van der Waals surface area (Å²) in [6, 6.07) is 1.23. The normalized spacial score (nSPS) is 22.9. The minimum absolute atomic E-state index is 0.200. The Labute approximate surface area is 103 Å². The summed E-state index contributed by atoms with van der Waals surface area (Å²) in [4.78, 5) is 23.3. The van der Waals surface area contributed by atoms with Crippen LogP contribution in [-0.4, -0.2) is 34.8 Å². The van der Waals surface area contributed by atoms with Gasteiger partial charge in [0.2, 0.25) is 11.9 Å². The summed E-state index contributed by atoms with van der Waals surface area (Å²) < 4.78 is 19.2. The molecule has 0 spiro atoms. The number of esters is 1. The molecule has 1 aliphatic heterocycles. The van der Waals surface area contributed by atoms with Gasteiger partial charge >= 0.3 is 5.97 Å². The lowest BCUT2D eigenvalue weighted by Crippen LogP contribution is -2.29. The van der Waals surface area contributed by atoms with E-state index in [0.717, 1.165) is 4.68 Å². The fourth-order valence-corrected chi connectivity index (χ4v) is 2.05. The summed E-state index contributed by atoms with van der Waals surface area (Å²) in [7, 11) is 1.46. The highest BCUT2D eigenvalue weighted by Gasteiger charge is 2.43. The van der Waals surface area contributed by atoms with Crippen molar-refractivity contribution in [3.63, 3.8) is 0 Å². The molecule has 1 aliphatic rings. The van der Waals surface area contributed by atoms with Crippen molar-refractivity contribution in [2.45, 2.75) is 12.8 Å². The molecule has 7 heteroatoms. The molecular formula is C11H14FN3O3. The van der Waals surface area contributed by atoms with Crippen LogP contribution in [0.5, 0.6) is 0 Å². The molecule has 2 atom stereocenters. The van der Waals surface area contributed by atoms with Crippen molar-refractivity contribution in [3.05, 3.63) is 17.7 Å². The SMILES string of the molecule is CCOC(=O)[C@H]1C(=O)NC[C@@H]1c1cc(F)n(C)n1. The molecule has 0 unspecified atom stereocenters. The molecule has 0 saturated carbocycles. The monoisotopic (exact) mass is 255 g/mol. The lowest BCUT2D eigenvalue weighted by Gasteiger charge is -2.12. The molecule has 1 aromatic rings. The number of hydrogen-bond donors (Lipinski definition) is 1. The van der Waals surface area contributed by atoms with Gasteiger partial charge in [-0.3, -0.25) is 9.59 Å². The van der Waals surface area contributed by atoms with E-state index < -0.39 is 29.7 Å². The number of nitrogens with one attached hydrogen (secondary N) is 1. The van der Waals surface area contributed by atoms with E-state index in [9.17, 15) is 14.0 Å². The second-order valence-corrected chi connectivity index (χ2v) is 4.10. The zero-order valence-corrected chi connectivity index (χ0v) is 10.1. The molecular weight excluding hydrogens is 241 g/mol. The summed E-state index contributed by atoms with van der Waals surface area (Å²) in [6.07, 6.45) is 0. The van der Waals surface area contributed by atoms with E-state index in [2.05, 4.69) is 10.4 Å². The maximum atomic E-state index is 13.2. The highest BCUT2D eigenvalue weighted by Crippen LogP contribution is 2.29. The smallest absolute Gasteiger partial charge is 0.319 e. The number of ether oxygens (including phenoxy) is 1. The zero-order chi connectivity index (χ0) is 13.3. The van der Waals surface area contributed by atoms with Gasteiger partial charge < -0.3 is 10.1 Å². The Hall–Kier alpha value is -1.92. The summed E-state index contributed by atoms with van der Waals surface area (Å²) >= 11 is 0. The van der Waals surface area contributed by atoms with Crippen LogP contribution < -0.4 is 5.32 Å². The van der Waals surface area contributed by atoms with Crippen LogP contribution in [0.1, 0.15) is 18.5 Å². The van der Waals surface area contributed by atoms with Crippen molar-refractivity contribution in [2.75, 3.05) is 13.2 Å². The predicted molar refractivity (Wildman–Crippen MR) is 59.0 cm³/mol. The highest BCUT2D eigenvalue weighted by molar-refractivity contribution is 6.00. The maximum Gasteiger partial charge on any atom is 0.319 e. The fourth-order valence-electron chi connectivity index (χ4n) is 2.05. The third kappa shape index (κ3) is 2.07. The molecule has 1 amide bonds. The summed E-state index contributed by atoms with van der Waals surface area (Å²) in [6.45, 7) is 2.13. The minimum atomic E-state index is -0.945. The molecule has 6 nitrogen and oxygen atoms in total. The van der Waals surface area contributed by atoms with E-state index in [1.54, 1.807) is 6.92 Å². The van der Waals surface area contributed by atoms with Gasteiger partial charge in [-0.1, -0.05) is 0 Å². The maximum absolute atomic E-state index is 13.2. The largest absolute Gasteiger partial charge is 0.465 e. The Morgan fingerprint density at radius 2 is 2.44 bits per heavy atom. The standard InChI is InChI=1S/C11H14FN3O3/c1-3-18-11(17)9-6(5-13-10(9)16)7-4-8(12)15(2)14-7/h4,6,9H,3,5H2,1-2H3,(H,13,16)/t6-,9-/m1/s1. The van der Waals surface area contributed by atoms with Crippen molar-refractivity contribution in [1.29, 1.82) is 0 Å². The lowest BCUT2D eigenvalue weighted by molar-refractivity contribution is -0.151. The summed E-state index contributed by atoms with van der Waals surface area (Å²) in [5.74, 6) is -2.92. The Balaban J connectivity index is 2.26. The van der Waals surface area contributed by atoms with Crippen LogP contribution in [0.3, 0.4) is 0 Å². The van der Waals surface area contributed by atoms with Crippen LogP contribution in [-0.2, 0) is 21.4 Å². The number of nitrogens with zero attached hydrogens (tertiary/aromatic N) is 2. The van der Waals surface area contributed by atoms with Crippen LogP contribution in [0, 0.1) is 11.9 Å². The van der Waals surface area contributed by atoms with E-state index in [-0.39, 0.29) is 13.2 Å². The molecule has 18 heavy (non-hydrogen) atoms. The zero-order valence-electron chi connectivity index (χ0n) is 10.1. The molecule has 2 heterocycles. The number of rotatable bonds is 3. The van der Waals surface area contributed by atoms with Gasteiger partial charge in [0, 0.05) is 25.6 Å². The lowest BCUT2D eigenvalue weighted by atomic mass is 9.92. The van der Waals surface area contributed by atoms with E-state index in [1.165, 1.54) is 13.1 Å². The van der Waals surface area contributed by atoms with Gasteiger partial charge in [0.15, 0.2) is 0 Å². The molecule has 2 rings (SSSR count). The first-order valence-corrected chi connectivity index (χ1v) is 5.68. The molecule has 1 fully saturated rings. The number of aromatic nitrogens is 2. The first-order chi connectivity index (χ1) is 8.54. The highest BCUT2D eigenvalue weighted by atomic mass is 19.1. The molecule has 1 N–H and O–H groups in total. The topological polar surface area (TPSA) is 73.2 Å². The fraction of sp³-hybridized carbons (Fsp3) is 0.545. The molecule has 1 saturated heterocycles. The second-order valence-electron chi connectivity index (χ2n) is 4.10. The van der Waals surface area contributed by atoms with Gasteiger partial charge in [-0.15, -0.1) is 0 Å². The molecule has 1 aromatic heterocycles. The molecule has 0 radical (unpaired) electrons. The first kappa shape index (κ1) is 12.5. The van der Waals surface area contributed by atoms with Crippen molar-refractivity contribution >= 4 is 11.9 Å². The Bertz CT molecular complexity index is 466. The van der Waals surface area contributed by atoms with Crippen molar-refractivity contribution in [3.8, 4) is 0 Å². The number of amides is 1. The quantitative estimate of drug-likeness (QED) is 0.607. The van der Waals surface area contributed by atoms with Crippen molar-refractivity contribution in [1.82, 2.24) is 15.1 Å². The van der Waals surface area contributed by atoms with E-state index >= 15 is 0 Å². The number of halogens is 1. The van der Waals surface area contributed by atoms with Crippen LogP contribution >= 0.6 is 0 Å². The first-order valence-electron chi connectivity index (χ1n) is 5.68. The predicted octanol–water partition coefficient (Wildman–Crippen LogP) is -0.0481. The number of carbonyl (C=O) groups is 2. The Kier molecular flexibility index (Phi) is 3.31. The number of hydrogen-bond acceptors (Lipinski definition) is 4. The van der Waals surface area contributed by atoms with Gasteiger partial charge in [-0.05, 0) is 6.92 Å².